The molecule has 3 N–H and O–H groups in total. The molecule has 0 bridgehead atoms. The number of thiazole rings is 1. The van der Waals surface area contributed by atoms with Crippen LogP contribution in [0.25, 0.3) is 0 Å². The van der Waals surface area contributed by atoms with E-state index in [1.807, 2.05) is 43.5 Å². The highest BCUT2D eigenvalue weighted by atomic mass is 32.2. The molecule has 0 aliphatic rings. The summed E-state index contributed by atoms with van der Waals surface area (Å²) in [5.41, 5.74) is 8.29. The van der Waals surface area contributed by atoms with Gasteiger partial charge in [-0.1, -0.05) is 47.7 Å². The van der Waals surface area contributed by atoms with E-state index in [9.17, 15) is 9.59 Å². The molecule has 0 saturated heterocycles. The van der Waals surface area contributed by atoms with Gasteiger partial charge >= 0.3 is 0 Å². The molecule has 1 atom stereocenters. The SMILES string of the molecule is Cc1ccc(C(NC(=O)CSc2nc(C)c(CC(N)=O)s2)c2cccs2)cc1. The molecule has 0 radical (unpaired) electrons. The first kappa shape index (κ1) is 20.6. The zero-order chi connectivity index (χ0) is 20.1. The van der Waals surface area contributed by atoms with Gasteiger partial charge in [0.1, 0.15) is 0 Å². The number of hydrogen-bond acceptors (Lipinski definition) is 6. The van der Waals surface area contributed by atoms with Crippen molar-refractivity contribution >= 4 is 46.2 Å². The van der Waals surface area contributed by atoms with Gasteiger partial charge in [0.2, 0.25) is 11.8 Å². The van der Waals surface area contributed by atoms with E-state index >= 15 is 0 Å². The summed E-state index contributed by atoms with van der Waals surface area (Å²) in [5.74, 6) is -0.178. The van der Waals surface area contributed by atoms with Gasteiger partial charge in [-0.15, -0.1) is 22.7 Å². The van der Waals surface area contributed by atoms with E-state index in [4.69, 9.17) is 5.73 Å². The minimum atomic E-state index is -0.377. The van der Waals surface area contributed by atoms with Crippen LogP contribution >= 0.6 is 34.4 Å². The summed E-state index contributed by atoms with van der Waals surface area (Å²) in [6.45, 7) is 3.89. The first-order valence-corrected chi connectivity index (χ1v) is 11.4. The quantitative estimate of drug-likeness (QED) is 0.531. The first-order valence-electron chi connectivity index (χ1n) is 8.69. The second-order valence-corrected chi connectivity index (χ2v) is 9.63. The van der Waals surface area contributed by atoms with Crippen molar-refractivity contribution in [2.75, 3.05) is 5.75 Å². The fraction of sp³-hybridized carbons (Fsp3) is 0.250. The topological polar surface area (TPSA) is 85.1 Å². The molecular weight excluding hydrogens is 410 g/mol. The van der Waals surface area contributed by atoms with Gasteiger partial charge in [0.25, 0.3) is 0 Å². The molecule has 0 saturated carbocycles. The van der Waals surface area contributed by atoms with E-state index in [0.717, 1.165) is 25.4 Å². The van der Waals surface area contributed by atoms with Gasteiger partial charge in [-0.25, -0.2) is 4.98 Å². The summed E-state index contributed by atoms with van der Waals surface area (Å²) in [6, 6.07) is 12.0. The molecule has 146 valence electrons. The van der Waals surface area contributed by atoms with Gasteiger partial charge in [-0.3, -0.25) is 9.59 Å². The number of nitrogens with two attached hydrogens (primary N) is 1. The summed E-state index contributed by atoms with van der Waals surface area (Å²) in [5, 5.41) is 5.14. The number of aryl methyl sites for hydroxylation is 2. The van der Waals surface area contributed by atoms with E-state index in [1.54, 1.807) is 11.3 Å². The number of carbonyl (C=O) groups excluding carboxylic acids is 2. The number of thioether (sulfide) groups is 1. The zero-order valence-electron chi connectivity index (χ0n) is 15.6. The van der Waals surface area contributed by atoms with Crippen molar-refractivity contribution in [3.05, 3.63) is 68.4 Å². The van der Waals surface area contributed by atoms with E-state index < -0.39 is 0 Å². The lowest BCUT2D eigenvalue weighted by Crippen LogP contribution is -2.30. The van der Waals surface area contributed by atoms with Crippen LogP contribution in [0.4, 0.5) is 0 Å². The Labute approximate surface area is 176 Å². The Morgan fingerprint density at radius 3 is 2.61 bits per heavy atom. The average molecular weight is 432 g/mol. The van der Waals surface area contributed by atoms with Gasteiger partial charge in [0.15, 0.2) is 4.34 Å². The Morgan fingerprint density at radius 1 is 1.21 bits per heavy atom. The van der Waals surface area contributed by atoms with Crippen molar-refractivity contribution < 1.29 is 9.59 Å². The lowest BCUT2D eigenvalue weighted by molar-refractivity contribution is -0.119. The largest absolute Gasteiger partial charge is 0.369 e. The van der Waals surface area contributed by atoms with Crippen molar-refractivity contribution in [2.24, 2.45) is 5.73 Å². The number of nitrogens with one attached hydrogen (secondary N) is 1. The van der Waals surface area contributed by atoms with Gasteiger partial charge in [-0.05, 0) is 30.9 Å². The van der Waals surface area contributed by atoms with E-state index in [2.05, 4.69) is 22.4 Å². The summed E-state index contributed by atoms with van der Waals surface area (Å²) in [6.07, 6.45) is 0.185. The maximum Gasteiger partial charge on any atom is 0.231 e. The third-order valence-electron chi connectivity index (χ3n) is 4.08. The third-order valence-corrected chi connectivity index (χ3v) is 7.32. The lowest BCUT2D eigenvalue weighted by atomic mass is 10.0. The lowest BCUT2D eigenvalue weighted by Gasteiger charge is -2.18. The summed E-state index contributed by atoms with van der Waals surface area (Å²) < 4.78 is 0.770. The number of benzene rings is 1. The van der Waals surface area contributed by atoms with Gasteiger partial charge < -0.3 is 11.1 Å². The second-order valence-electron chi connectivity index (χ2n) is 6.35. The maximum atomic E-state index is 12.6. The molecule has 0 fully saturated rings. The normalized spacial score (nSPS) is 11.9. The summed E-state index contributed by atoms with van der Waals surface area (Å²) in [4.78, 5) is 30.1. The Kier molecular flexibility index (Phi) is 6.88. The second kappa shape index (κ2) is 9.36. The predicted octanol–water partition coefficient (Wildman–Crippen LogP) is 3.85. The standard InChI is InChI=1S/C20H21N3O2S3/c1-12-5-7-14(8-6-12)19(15-4-3-9-26-15)23-18(25)11-27-20-22-13(2)16(28-20)10-17(21)24/h3-9,19H,10-11H2,1-2H3,(H2,21,24)(H,23,25). The Bertz CT molecular complexity index is 950. The molecule has 3 aromatic rings. The van der Waals surface area contributed by atoms with Crippen LogP contribution < -0.4 is 11.1 Å². The molecule has 2 amide bonds. The Hall–Kier alpha value is -2.16. The highest BCUT2D eigenvalue weighted by Crippen LogP contribution is 2.29. The molecule has 1 aromatic carbocycles. The minimum absolute atomic E-state index is 0.0618. The average Bonchev–Trinajstić information content (AvgIpc) is 3.29. The molecule has 5 nitrogen and oxygen atoms in total. The predicted molar refractivity (Wildman–Crippen MR) is 116 cm³/mol. The molecule has 3 rings (SSSR count). The number of rotatable bonds is 8. The molecule has 0 aliphatic heterocycles. The van der Waals surface area contributed by atoms with E-state index in [-0.39, 0.29) is 30.0 Å². The van der Waals surface area contributed by atoms with Crippen molar-refractivity contribution in [2.45, 2.75) is 30.6 Å². The van der Waals surface area contributed by atoms with Crippen LogP contribution in [0.2, 0.25) is 0 Å². The first-order chi connectivity index (χ1) is 13.4. The summed E-state index contributed by atoms with van der Waals surface area (Å²) >= 11 is 4.41. The van der Waals surface area contributed by atoms with Gasteiger partial charge in [-0.2, -0.15) is 0 Å². The molecule has 0 aliphatic carbocycles. The number of carbonyl (C=O) groups is 2. The molecule has 28 heavy (non-hydrogen) atoms. The number of hydrogen-bond donors (Lipinski definition) is 2. The fourth-order valence-corrected chi connectivity index (χ4v) is 5.51. The Morgan fingerprint density at radius 2 is 1.96 bits per heavy atom. The Balaban J connectivity index is 1.66. The van der Waals surface area contributed by atoms with Crippen LogP contribution in [0.15, 0.2) is 46.1 Å². The van der Waals surface area contributed by atoms with Crippen molar-refractivity contribution in [1.29, 1.82) is 0 Å². The zero-order valence-corrected chi connectivity index (χ0v) is 18.0. The molecule has 2 heterocycles. The van der Waals surface area contributed by atoms with Crippen LogP contribution in [0, 0.1) is 13.8 Å². The van der Waals surface area contributed by atoms with E-state index in [1.165, 1.54) is 28.7 Å². The fourth-order valence-electron chi connectivity index (χ4n) is 2.65. The minimum Gasteiger partial charge on any atom is -0.369 e. The maximum absolute atomic E-state index is 12.6. The number of amides is 2. The van der Waals surface area contributed by atoms with Crippen molar-refractivity contribution in [1.82, 2.24) is 10.3 Å². The van der Waals surface area contributed by atoms with E-state index in [0.29, 0.717) is 0 Å². The molecule has 0 spiro atoms. The molecule has 2 aromatic heterocycles. The highest BCUT2D eigenvalue weighted by molar-refractivity contribution is 8.01. The smallest absolute Gasteiger partial charge is 0.231 e. The van der Waals surface area contributed by atoms with Crippen molar-refractivity contribution in [3.8, 4) is 0 Å². The third kappa shape index (κ3) is 5.43. The highest BCUT2D eigenvalue weighted by Gasteiger charge is 2.19. The van der Waals surface area contributed by atoms with Gasteiger partial charge in [0, 0.05) is 9.75 Å². The molecule has 1 unspecified atom stereocenters. The van der Waals surface area contributed by atoms with Gasteiger partial charge in [0.05, 0.1) is 23.9 Å². The van der Waals surface area contributed by atoms with Crippen LogP contribution in [-0.2, 0) is 16.0 Å². The van der Waals surface area contributed by atoms with Crippen LogP contribution in [0.3, 0.4) is 0 Å². The van der Waals surface area contributed by atoms with Crippen molar-refractivity contribution in [3.63, 3.8) is 0 Å². The molecule has 8 heteroatoms. The number of primary amides is 1. The monoisotopic (exact) mass is 431 g/mol. The summed E-state index contributed by atoms with van der Waals surface area (Å²) in [7, 11) is 0. The number of thiophene rings is 1. The van der Waals surface area contributed by atoms with Crippen LogP contribution in [-0.4, -0.2) is 22.6 Å². The van der Waals surface area contributed by atoms with Crippen LogP contribution in [0.1, 0.15) is 32.6 Å². The number of nitrogens with zero attached hydrogens (tertiary/aromatic N) is 1. The number of aromatic nitrogens is 1. The van der Waals surface area contributed by atoms with Crippen LogP contribution in [0.5, 0.6) is 0 Å². The molecular formula is C20H21N3O2S3.